The van der Waals surface area contributed by atoms with Gasteiger partial charge in [0.25, 0.3) is 0 Å². The van der Waals surface area contributed by atoms with Crippen LogP contribution in [0.3, 0.4) is 0 Å². The maximum absolute atomic E-state index is 12.7. The number of rotatable bonds is 11. The van der Waals surface area contributed by atoms with E-state index in [9.17, 15) is 31.2 Å². The van der Waals surface area contributed by atoms with E-state index in [1.165, 1.54) is 17.0 Å². The summed E-state index contributed by atoms with van der Waals surface area (Å²) < 4.78 is 65.4. The van der Waals surface area contributed by atoms with E-state index in [-0.39, 0.29) is 29.0 Å². The molecule has 0 N–H and O–H groups in total. The highest BCUT2D eigenvalue weighted by Crippen LogP contribution is 2.46. The van der Waals surface area contributed by atoms with Crippen LogP contribution in [0.5, 0.6) is 5.75 Å². The summed E-state index contributed by atoms with van der Waals surface area (Å²) in [6.07, 6.45) is 6.70. The summed E-state index contributed by atoms with van der Waals surface area (Å²) in [6, 6.07) is 5.93. The average molecular weight is 533 g/mol. The lowest BCUT2D eigenvalue weighted by Crippen LogP contribution is -2.47. The Bertz CT molecular complexity index is 1020. The molecular formula is C25H35F3N2O5S. The number of nitrogens with zero attached hydrogens (tertiary/aromatic N) is 2. The van der Waals surface area contributed by atoms with Gasteiger partial charge in [-0.1, -0.05) is 31.0 Å². The van der Waals surface area contributed by atoms with Crippen LogP contribution in [0, 0.1) is 5.41 Å². The van der Waals surface area contributed by atoms with E-state index < -0.39 is 15.6 Å². The van der Waals surface area contributed by atoms with Crippen LogP contribution in [0.2, 0.25) is 0 Å². The van der Waals surface area contributed by atoms with Crippen molar-refractivity contribution in [2.75, 3.05) is 19.6 Å². The number of imide groups is 1. The van der Waals surface area contributed by atoms with Crippen LogP contribution < -0.4 is 4.18 Å². The molecule has 1 aliphatic heterocycles. The second kappa shape index (κ2) is 11.5. The largest absolute Gasteiger partial charge is 0.534 e. The molecule has 1 aromatic rings. The van der Waals surface area contributed by atoms with Crippen molar-refractivity contribution >= 4 is 21.9 Å². The summed E-state index contributed by atoms with van der Waals surface area (Å²) in [5.41, 5.74) is -5.25. The highest BCUT2D eigenvalue weighted by Gasteiger charge is 2.49. The molecular weight excluding hydrogens is 497 g/mol. The van der Waals surface area contributed by atoms with Crippen molar-refractivity contribution in [3.05, 3.63) is 29.8 Å². The van der Waals surface area contributed by atoms with E-state index >= 15 is 0 Å². The summed E-state index contributed by atoms with van der Waals surface area (Å²) in [7, 11) is -5.75. The molecule has 1 aromatic carbocycles. The molecule has 2 amide bonds. The fourth-order valence-corrected chi connectivity index (χ4v) is 5.69. The number of carbonyl (C=O) groups excluding carboxylic acids is 2. The van der Waals surface area contributed by atoms with Crippen LogP contribution in [0.1, 0.15) is 70.8 Å². The maximum Gasteiger partial charge on any atom is 0.534 e. The van der Waals surface area contributed by atoms with Crippen molar-refractivity contribution < 1.29 is 35.4 Å². The number of unbranched alkanes of at least 4 members (excludes halogenated alkanes) is 1. The van der Waals surface area contributed by atoms with Crippen LogP contribution >= 0.6 is 0 Å². The summed E-state index contributed by atoms with van der Waals surface area (Å²) >= 11 is 0. The van der Waals surface area contributed by atoms with Crippen molar-refractivity contribution in [1.82, 2.24) is 9.80 Å². The standard InChI is InChI=1S/C25H35F3N2O5S/c1-19(2)29(16-11-20-9-3-4-10-21(20)35-36(33,34)25(26,27)28)14-7-8-15-30-22(31)17-24(18-23(30)32)12-5-6-13-24/h3-4,9-10,19H,5-8,11-18H2,1-2H3. The Morgan fingerprint density at radius 3 is 2.22 bits per heavy atom. The molecule has 0 bridgehead atoms. The Hall–Kier alpha value is -2.14. The molecule has 2 fully saturated rings. The maximum atomic E-state index is 12.7. The minimum absolute atomic E-state index is 0.0701. The first kappa shape index (κ1) is 28.4. The predicted molar refractivity (Wildman–Crippen MR) is 129 cm³/mol. The summed E-state index contributed by atoms with van der Waals surface area (Å²) in [5, 5.41) is 0. The fraction of sp³-hybridized carbons (Fsp3) is 0.680. The molecule has 0 radical (unpaired) electrons. The Morgan fingerprint density at radius 1 is 1.03 bits per heavy atom. The first-order chi connectivity index (χ1) is 16.8. The smallest absolute Gasteiger partial charge is 0.376 e. The third-order valence-electron chi connectivity index (χ3n) is 7.25. The molecule has 0 unspecified atom stereocenters. The molecule has 36 heavy (non-hydrogen) atoms. The van der Waals surface area contributed by atoms with Gasteiger partial charge in [-0.15, -0.1) is 0 Å². The Labute approximate surface area is 211 Å². The van der Waals surface area contributed by atoms with E-state index in [2.05, 4.69) is 9.08 Å². The summed E-state index contributed by atoms with van der Waals surface area (Å²) in [4.78, 5) is 28.8. The number of alkyl halides is 3. The van der Waals surface area contributed by atoms with Gasteiger partial charge in [0.05, 0.1) is 0 Å². The number of carbonyl (C=O) groups is 2. The van der Waals surface area contributed by atoms with E-state index in [1.54, 1.807) is 12.1 Å². The van der Waals surface area contributed by atoms with Crippen LogP contribution in [-0.2, 0) is 26.1 Å². The molecule has 0 aromatic heterocycles. The highest BCUT2D eigenvalue weighted by atomic mass is 32.2. The quantitative estimate of drug-likeness (QED) is 0.178. The number of piperidine rings is 1. The zero-order valence-corrected chi connectivity index (χ0v) is 21.7. The molecule has 1 saturated heterocycles. The number of likely N-dealkylation sites (tertiary alicyclic amines) is 1. The Balaban J connectivity index is 1.50. The van der Waals surface area contributed by atoms with E-state index in [4.69, 9.17) is 0 Å². The first-order valence-corrected chi connectivity index (χ1v) is 13.9. The number of para-hydroxylation sites is 1. The van der Waals surface area contributed by atoms with Crippen molar-refractivity contribution in [1.29, 1.82) is 0 Å². The average Bonchev–Trinajstić information content (AvgIpc) is 3.21. The van der Waals surface area contributed by atoms with Gasteiger partial charge in [-0.2, -0.15) is 21.6 Å². The van der Waals surface area contributed by atoms with Gasteiger partial charge in [0.15, 0.2) is 0 Å². The van der Waals surface area contributed by atoms with Gasteiger partial charge < -0.3 is 9.08 Å². The molecule has 1 spiro atoms. The van der Waals surface area contributed by atoms with E-state index in [0.29, 0.717) is 50.9 Å². The van der Waals surface area contributed by atoms with Crippen LogP contribution in [-0.4, -0.2) is 61.2 Å². The summed E-state index contributed by atoms with van der Waals surface area (Å²) in [5.74, 6) is -0.473. The lowest BCUT2D eigenvalue weighted by atomic mass is 9.76. The highest BCUT2D eigenvalue weighted by molar-refractivity contribution is 7.88. The molecule has 11 heteroatoms. The van der Waals surface area contributed by atoms with Crippen molar-refractivity contribution in [2.45, 2.75) is 83.2 Å². The van der Waals surface area contributed by atoms with Gasteiger partial charge in [-0.25, -0.2) is 0 Å². The first-order valence-electron chi connectivity index (χ1n) is 12.5. The number of hydrogen-bond donors (Lipinski definition) is 0. The van der Waals surface area contributed by atoms with Crippen LogP contribution in [0.15, 0.2) is 24.3 Å². The molecule has 3 rings (SSSR count). The fourth-order valence-electron chi connectivity index (χ4n) is 5.20. The van der Waals surface area contributed by atoms with E-state index in [1.807, 2.05) is 13.8 Å². The number of benzene rings is 1. The van der Waals surface area contributed by atoms with E-state index in [0.717, 1.165) is 32.1 Å². The topological polar surface area (TPSA) is 84.0 Å². The zero-order chi connectivity index (χ0) is 26.6. The molecule has 1 aliphatic carbocycles. The van der Waals surface area contributed by atoms with Crippen molar-refractivity contribution in [2.24, 2.45) is 5.41 Å². The van der Waals surface area contributed by atoms with Gasteiger partial charge in [0.1, 0.15) is 5.75 Å². The third kappa shape index (κ3) is 7.00. The third-order valence-corrected chi connectivity index (χ3v) is 8.22. The number of amides is 2. The van der Waals surface area contributed by atoms with Crippen LogP contribution in [0.4, 0.5) is 13.2 Å². The lowest BCUT2D eigenvalue weighted by Gasteiger charge is -2.37. The summed E-state index contributed by atoms with van der Waals surface area (Å²) in [6.45, 7) is 5.53. The van der Waals surface area contributed by atoms with Crippen LogP contribution in [0.25, 0.3) is 0 Å². The molecule has 1 saturated carbocycles. The monoisotopic (exact) mass is 532 g/mol. The van der Waals surface area contributed by atoms with Gasteiger partial charge in [0.2, 0.25) is 11.8 Å². The van der Waals surface area contributed by atoms with Crippen molar-refractivity contribution in [3.8, 4) is 5.75 Å². The minimum atomic E-state index is -5.75. The molecule has 1 heterocycles. The van der Waals surface area contributed by atoms with Gasteiger partial charge >= 0.3 is 15.6 Å². The molecule has 202 valence electrons. The SMILES string of the molecule is CC(C)N(CCCCN1C(=O)CC2(CCCC2)CC1=O)CCc1ccccc1OS(=O)(=O)C(F)(F)F. The van der Waals surface area contributed by atoms with Gasteiger partial charge in [0, 0.05) is 32.0 Å². The van der Waals surface area contributed by atoms with Gasteiger partial charge in [-0.3, -0.25) is 14.5 Å². The number of halogens is 3. The normalized spacial score (nSPS) is 18.6. The predicted octanol–water partition coefficient (Wildman–Crippen LogP) is 4.66. The second-order valence-corrected chi connectivity index (χ2v) is 11.7. The molecule has 0 atom stereocenters. The Kier molecular flexibility index (Phi) is 9.08. The molecule has 7 nitrogen and oxygen atoms in total. The second-order valence-electron chi connectivity index (χ2n) is 10.2. The zero-order valence-electron chi connectivity index (χ0n) is 20.8. The van der Waals surface area contributed by atoms with Gasteiger partial charge in [-0.05, 0) is 69.5 Å². The molecule has 2 aliphatic rings. The minimum Gasteiger partial charge on any atom is -0.376 e. The Morgan fingerprint density at radius 2 is 1.64 bits per heavy atom. The van der Waals surface area contributed by atoms with Crippen molar-refractivity contribution in [3.63, 3.8) is 0 Å². The lowest BCUT2D eigenvalue weighted by molar-refractivity contribution is -0.153. The number of hydrogen-bond acceptors (Lipinski definition) is 6.